The molecule has 1 unspecified atom stereocenters. The highest BCUT2D eigenvalue weighted by molar-refractivity contribution is 7.09. The lowest BCUT2D eigenvalue weighted by atomic mass is 9.91. The normalized spacial score (nSPS) is 25.9. The lowest BCUT2D eigenvalue weighted by molar-refractivity contribution is 0.266. The van der Waals surface area contributed by atoms with E-state index in [1.54, 1.807) is 11.3 Å². The molecule has 4 heteroatoms. The van der Waals surface area contributed by atoms with Crippen LogP contribution < -0.4 is 10.6 Å². The monoisotopic (exact) mass is 239 g/mol. The number of piperidine rings is 1. The molecule has 2 rings (SSSR count). The smallest absolute Gasteiger partial charge is 0.0897 e. The molecule has 1 aromatic rings. The first-order valence-electron chi connectivity index (χ1n) is 6.05. The van der Waals surface area contributed by atoms with Crippen LogP contribution in [-0.2, 0) is 6.54 Å². The van der Waals surface area contributed by atoms with Crippen LogP contribution in [0.1, 0.15) is 36.9 Å². The molecule has 0 amide bonds. The van der Waals surface area contributed by atoms with Crippen molar-refractivity contribution in [1.82, 2.24) is 15.6 Å². The van der Waals surface area contributed by atoms with Gasteiger partial charge in [-0.1, -0.05) is 6.42 Å². The summed E-state index contributed by atoms with van der Waals surface area (Å²) < 4.78 is 0. The molecule has 90 valence electrons. The molecule has 0 radical (unpaired) electrons. The summed E-state index contributed by atoms with van der Waals surface area (Å²) in [5, 5.41) is 10.4. The Kier molecular flexibility index (Phi) is 3.95. The SMILES string of the molecule is Cc1nc(CNCC2(C)CCCCN2)cs1. The molecule has 2 N–H and O–H groups in total. The van der Waals surface area contributed by atoms with Gasteiger partial charge in [-0.15, -0.1) is 11.3 Å². The molecule has 1 aliphatic heterocycles. The first kappa shape index (κ1) is 12.0. The average Bonchev–Trinajstić information content (AvgIpc) is 2.65. The lowest BCUT2D eigenvalue weighted by Gasteiger charge is -2.35. The minimum absolute atomic E-state index is 0.281. The molecule has 0 spiro atoms. The number of nitrogens with zero attached hydrogens (tertiary/aromatic N) is 1. The lowest BCUT2D eigenvalue weighted by Crippen LogP contribution is -2.52. The van der Waals surface area contributed by atoms with Crippen molar-refractivity contribution in [3.63, 3.8) is 0 Å². The van der Waals surface area contributed by atoms with E-state index >= 15 is 0 Å². The predicted molar refractivity (Wildman–Crippen MR) is 68.8 cm³/mol. The van der Waals surface area contributed by atoms with Crippen molar-refractivity contribution in [3.8, 4) is 0 Å². The Bertz CT molecular complexity index is 329. The van der Waals surface area contributed by atoms with Crippen LogP contribution in [0.25, 0.3) is 0 Å². The molecular formula is C12H21N3S. The first-order valence-corrected chi connectivity index (χ1v) is 6.93. The number of nitrogens with one attached hydrogen (secondary N) is 2. The Morgan fingerprint density at radius 1 is 1.56 bits per heavy atom. The van der Waals surface area contributed by atoms with Crippen LogP contribution in [0.15, 0.2) is 5.38 Å². The summed E-state index contributed by atoms with van der Waals surface area (Å²) in [6, 6.07) is 0. The van der Waals surface area contributed by atoms with E-state index in [4.69, 9.17) is 0 Å². The summed E-state index contributed by atoms with van der Waals surface area (Å²) in [6.45, 7) is 7.45. The molecule has 0 aliphatic carbocycles. The van der Waals surface area contributed by atoms with E-state index in [1.807, 2.05) is 0 Å². The summed E-state index contributed by atoms with van der Waals surface area (Å²) in [5.41, 5.74) is 1.45. The largest absolute Gasteiger partial charge is 0.310 e. The van der Waals surface area contributed by atoms with Crippen molar-refractivity contribution in [1.29, 1.82) is 0 Å². The molecule has 1 atom stereocenters. The van der Waals surface area contributed by atoms with Gasteiger partial charge in [-0.05, 0) is 33.2 Å². The Morgan fingerprint density at radius 3 is 3.06 bits per heavy atom. The Labute approximate surface area is 102 Å². The maximum absolute atomic E-state index is 4.45. The highest BCUT2D eigenvalue weighted by Crippen LogP contribution is 2.17. The highest BCUT2D eigenvalue weighted by Gasteiger charge is 2.25. The van der Waals surface area contributed by atoms with E-state index in [1.165, 1.54) is 25.0 Å². The summed E-state index contributed by atoms with van der Waals surface area (Å²) in [4.78, 5) is 4.45. The van der Waals surface area contributed by atoms with Gasteiger partial charge in [-0.2, -0.15) is 0 Å². The van der Waals surface area contributed by atoms with Gasteiger partial charge in [0.25, 0.3) is 0 Å². The fraction of sp³-hybridized carbons (Fsp3) is 0.750. The van der Waals surface area contributed by atoms with Crippen molar-refractivity contribution in [2.24, 2.45) is 0 Å². The zero-order valence-corrected chi connectivity index (χ0v) is 11.0. The minimum Gasteiger partial charge on any atom is -0.310 e. The van der Waals surface area contributed by atoms with Gasteiger partial charge in [0.2, 0.25) is 0 Å². The number of rotatable bonds is 4. The van der Waals surface area contributed by atoms with Crippen molar-refractivity contribution in [2.75, 3.05) is 13.1 Å². The van der Waals surface area contributed by atoms with Gasteiger partial charge in [0.05, 0.1) is 10.7 Å². The number of aryl methyl sites for hydroxylation is 1. The van der Waals surface area contributed by atoms with Crippen LogP contribution in [0.5, 0.6) is 0 Å². The molecule has 16 heavy (non-hydrogen) atoms. The van der Waals surface area contributed by atoms with Crippen molar-refractivity contribution in [2.45, 2.75) is 45.2 Å². The molecular weight excluding hydrogens is 218 g/mol. The Hall–Kier alpha value is -0.450. The molecule has 1 saturated heterocycles. The summed E-state index contributed by atoms with van der Waals surface area (Å²) >= 11 is 1.72. The van der Waals surface area contributed by atoms with Crippen molar-refractivity contribution >= 4 is 11.3 Å². The van der Waals surface area contributed by atoms with Crippen LogP contribution in [0, 0.1) is 6.92 Å². The average molecular weight is 239 g/mol. The third-order valence-corrected chi connectivity index (χ3v) is 4.02. The van der Waals surface area contributed by atoms with Gasteiger partial charge < -0.3 is 10.6 Å². The molecule has 1 aromatic heterocycles. The van der Waals surface area contributed by atoms with E-state index in [9.17, 15) is 0 Å². The Balaban J connectivity index is 1.74. The van der Waals surface area contributed by atoms with Gasteiger partial charge in [-0.25, -0.2) is 4.98 Å². The fourth-order valence-corrected chi connectivity index (χ4v) is 2.84. The fourth-order valence-electron chi connectivity index (χ4n) is 2.23. The second-order valence-electron chi connectivity index (χ2n) is 4.91. The van der Waals surface area contributed by atoms with Gasteiger partial charge in [0, 0.05) is 24.0 Å². The van der Waals surface area contributed by atoms with Crippen molar-refractivity contribution in [3.05, 3.63) is 16.1 Å². The second kappa shape index (κ2) is 5.25. The molecule has 0 bridgehead atoms. The molecule has 2 heterocycles. The highest BCUT2D eigenvalue weighted by atomic mass is 32.1. The molecule has 3 nitrogen and oxygen atoms in total. The van der Waals surface area contributed by atoms with E-state index < -0.39 is 0 Å². The van der Waals surface area contributed by atoms with E-state index in [-0.39, 0.29) is 5.54 Å². The van der Waals surface area contributed by atoms with Crippen molar-refractivity contribution < 1.29 is 0 Å². The molecule has 0 saturated carbocycles. The maximum Gasteiger partial charge on any atom is 0.0897 e. The van der Waals surface area contributed by atoms with Gasteiger partial charge in [0.1, 0.15) is 0 Å². The van der Waals surface area contributed by atoms with Crippen LogP contribution in [0.3, 0.4) is 0 Å². The summed E-state index contributed by atoms with van der Waals surface area (Å²) in [7, 11) is 0. The van der Waals surface area contributed by atoms with Crippen LogP contribution in [0.4, 0.5) is 0 Å². The summed E-state index contributed by atoms with van der Waals surface area (Å²) in [6.07, 6.45) is 3.94. The molecule has 1 fully saturated rings. The third kappa shape index (κ3) is 3.27. The van der Waals surface area contributed by atoms with Crippen LogP contribution >= 0.6 is 11.3 Å². The van der Waals surface area contributed by atoms with Gasteiger partial charge in [-0.3, -0.25) is 0 Å². The topological polar surface area (TPSA) is 37.0 Å². The maximum atomic E-state index is 4.45. The van der Waals surface area contributed by atoms with E-state index in [2.05, 4.69) is 34.8 Å². The zero-order valence-electron chi connectivity index (χ0n) is 10.2. The quantitative estimate of drug-likeness (QED) is 0.844. The molecule has 1 aliphatic rings. The van der Waals surface area contributed by atoms with Gasteiger partial charge in [0.15, 0.2) is 0 Å². The number of thiazole rings is 1. The van der Waals surface area contributed by atoms with E-state index in [0.29, 0.717) is 0 Å². The number of hydrogen-bond donors (Lipinski definition) is 2. The third-order valence-electron chi connectivity index (χ3n) is 3.19. The summed E-state index contributed by atoms with van der Waals surface area (Å²) in [5.74, 6) is 0. The predicted octanol–water partition coefficient (Wildman–Crippen LogP) is 2.07. The van der Waals surface area contributed by atoms with Gasteiger partial charge >= 0.3 is 0 Å². The first-order chi connectivity index (χ1) is 7.68. The van der Waals surface area contributed by atoms with Crippen LogP contribution in [-0.4, -0.2) is 23.6 Å². The van der Waals surface area contributed by atoms with Crippen LogP contribution in [0.2, 0.25) is 0 Å². The standard InChI is InChI=1S/C12H21N3S/c1-10-15-11(8-16-10)7-13-9-12(2)5-3-4-6-14-12/h8,13-14H,3-7,9H2,1-2H3. The zero-order chi connectivity index (χ0) is 11.4. The number of hydrogen-bond acceptors (Lipinski definition) is 4. The second-order valence-corrected chi connectivity index (χ2v) is 5.97. The molecule has 0 aromatic carbocycles. The number of aromatic nitrogens is 1. The van der Waals surface area contributed by atoms with E-state index in [0.717, 1.165) is 24.6 Å². The Morgan fingerprint density at radius 2 is 2.44 bits per heavy atom. The minimum atomic E-state index is 0.281.